The lowest BCUT2D eigenvalue weighted by atomic mass is 10.0. The molecule has 6 heteroatoms. The first-order chi connectivity index (χ1) is 41.0. The molecule has 83 heavy (non-hydrogen) atoms. The lowest BCUT2D eigenvalue weighted by Crippen LogP contribution is -2.30. The van der Waals surface area contributed by atoms with Crippen LogP contribution < -0.4 is 0 Å². The Morgan fingerprint density at radius 2 is 0.470 bits per heavy atom. The molecule has 0 bridgehead atoms. The zero-order valence-corrected chi connectivity index (χ0v) is 54.7. The van der Waals surface area contributed by atoms with Crippen molar-refractivity contribution in [3.8, 4) is 0 Å². The van der Waals surface area contributed by atoms with Crippen LogP contribution in [0.3, 0.4) is 0 Å². The number of unbranched alkanes of at least 4 members (excludes halogenated alkanes) is 35. The molecule has 0 rings (SSSR count). The van der Waals surface area contributed by atoms with Crippen molar-refractivity contribution in [3.63, 3.8) is 0 Å². The van der Waals surface area contributed by atoms with Gasteiger partial charge in [-0.25, -0.2) is 0 Å². The average molecular weight is 1150 g/mol. The Morgan fingerprint density at radius 1 is 0.253 bits per heavy atom. The van der Waals surface area contributed by atoms with Crippen molar-refractivity contribution in [2.45, 2.75) is 348 Å². The van der Waals surface area contributed by atoms with Gasteiger partial charge in [0.15, 0.2) is 6.10 Å². The van der Waals surface area contributed by atoms with Crippen LogP contribution in [0.25, 0.3) is 0 Å². The van der Waals surface area contributed by atoms with Crippen LogP contribution in [0.5, 0.6) is 0 Å². The van der Waals surface area contributed by atoms with Gasteiger partial charge >= 0.3 is 17.9 Å². The van der Waals surface area contributed by atoms with Gasteiger partial charge in [0.2, 0.25) is 0 Å². The third-order valence-electron chi connectivity index (χ3n) is 15.2. The van der Waals surface area contributed by atoms with E-state index < -0.39 is 6.10 Å². The van der Waals surface area contributed by atoms with Gasteiger partial charge in [-0.2, -0.15) is 0 Å². The summed E-state index contributed by atoms with van der Waals surface area (Å²) in [6.45, 7) is 6.53. The van der Waals surface area contributed by atoms with E-state index in [0.29, 0.717) is 19.3 Å². The minimum Gasteiger partial charge on any atom is -0.462 e. The van der Waals surface area contributed by atoms with Crippen molar-refractivity contribution in [1.82, 2.24) is 0 Å². The minimum absolute atomic E-state index is 0.0867. The maximum Gasteiger partial charge on any atom is 0.306 e. The van der Waals surface area contributed by atoms with Crippen LogP contribution in [0.1, 0.15) is 342 Å². The van der Waals surface area contributed by atoms with Crippen molar-refractivity contribution in [2.24, 2.45) is 0 Å². The number of allylic oxidation sites excluding steroid dienone is 18. The SMILES string of the molecule is CC/C=C\C/C=C\C/C=C\C/C=C\CCCCCCCCCCC(=O)OC(COC(=O)CCCCCCCC/C=C\C/C=C\C/C=C\CCCCCCC)COC(=O)CCCCCCCCCCCCC/C=C\C/C=C\CCCCCCC. The van der Waals surface area contributed by atoms with E-state index in [-0.39, 0.29) is 31.1 Å². The molecule has 0 N–H and O–H groups in total. The summed E-state index contributed by atoms with van der Waals surface area (Å²) in [5.74, 6) is -0.896. The summed E-state index contributed by atoms with van der Waals surface area (Å²) in [5, 5.41) is 0. The molecule has 0 amide bonds. The van der Waals surface area contributed by atoms with Gasteiger partial charge in [-0.15, -0.1) is 0 Å². The summed E-state index contributed by atoms with van der Waals surface area (Å²) in [6, 6.07) is 0. The molecule has 0 fully saturated rings. The first-order valence-electron chi connectivity index (χ1n) is 35.4. The molecule has 1 atom stereocenters. The zero-order chi connectivity index (χ0) is 59.9. The first-order valence-corrected chi connectivity index (χ1v) is 35.4. The van der Waals surface area contributed by atoms with Crippen molar-refractivity contribution in [1.29, 1.82) is 0 Å². The van der Waals surface area contributed by atoms with Gasteiger partial charge in [0.05, 0.1) is 0 Å². The Balaban J connectivity index is 4.42. The fraction of sp³-hybridized carbons (Fsp3) is 0.727. The van der Waals surface area contributed by atoms with Crippen LogP contribution in [0.4, 0.5) is 0 Å². The van der Waals surface area contributed by atoms with Crippen LogP contribution in [-0.2, 0) is 28.6 Å². The molecule has 0 saturated heterocycles. The molecule has 1 unspecified atom stereocenters. The third-order valence-corrected chi connectivity index (χ3v) is 15.2. The molecule has 6 nitrogen and oxygen atoms in total. The van der Waals surface area contributed by atoms with Gasteiger partial charge in [-0.1, -0.05) is 304 Å². The fourth-order valence-electron chi connectivity index (χ4n) is 9.94. The van der Waals surface area contributed by atoms with Crippen molar-refractivity contribution < 1.29 is 28.6 Å². The van der Waals surface area contributed by atoms with E-state index in [0.717, 1.165) is 116 Å². The first kappa shape index (κ1) is 79.1. The number of carbonyl (C=O) groups is 3. The largest absolute Gasteiger partial charge is 0.462 e. The summed E-state index contributed by atoms with van der Waals surface area (Å²) in [7, 11) is 0. The Morgan fingerprint density at radius 3 is 0.735 bits per heavy atom. The maximum atomic E-state index is 13.0. The van der Waals surface area contributed by atoms with E-state index >= 15 is 0 Å². The molecular formula is C77H132O6. The Kier molecular flexibility index (Phi) is 67.2. The van der Waals surface area contributed by atoms with Crippen LogP contribution in [-0.4, -0.2) is 37.2 Å². The topological polar surface area (TPSA) is 78.9 Å². The second-order valence-corrected chi connectivity index (χ2v) is 23.4. The number of hydrogen-bond donors (Lipinski definition) is 0. The van der Waals surface area contributed by atoms with Crippen LogP contribution in [0.2, 0.25) is 0 Å². The maximum absolute atomic E-state index is 13.0. The van der Waals surface area contributed by atoms with Gasteiger partial charge in [0.25, 0.3) is 0 Å². The Bertz CT molecular complexity index is 1660. The average Bonchev–Trinajstić information content (AvgIpc) is 3.49. The van der Waals surface area contributed by atoms with Gasteiger partial charge in [-0.3, -0.25) is 14.4 Å². The molecule has 0 radical (unpaired) electrons. The molecule has 0 aliphatic heterocycles. The molecule has 0 aromatic rings. The number of rotatable bonds is 64. The van der Waals surface area contributed by atoms with Crippen molar-refractivity contribution >= 4 is 17.9 Å². The number of ether oxygens (including phenoxy) is 3. The normalized spacial score (nSPS) is 12.8. The highest BCUT2D eigenvalue weighted by atomic mass is 16.6. The Hall–Kier alpha value is -3.93. The zero-order valence-electron chi connectivity index (χ0n) is 54.7. The van der Waals surface area contributed by atoms with Crippen molar-refractivity contribution in [3.05, 3.63) is 109 Å². The van der Waals surface area contributed by atoms with Crippen LogP contribution >= 0.6 is 0 Å². The predicted octanol–water partition coefficient (Wildman–Crippen LogP) is 24.6. The molecule has 0 aromatic heterocycles. The lowest BCUT2D eigenvalue weighted by Gasteiger charge is -2.18. The fourth-order valence-corrected chi connectivity index (χ4v) is 9.94. The van der Waals surface area contributed by atoms with Gasteiger partial charge in [0, 0.05) is 19.3 Å². The lowest BCUT2D eigenvalue weighted by molar-refractivity contribution is -0.167. The quantitative estimate of drug-likeness (QED) is 0.0261. The second kappa shape index (κ2) is 70.6. The number of esters is 3. The monoisotopic (exact) mass is 1150 g/mol. The smallest absolute Gasteiger partial charge is 0.306 e. The van der Waals surface area contributed by atoms with Gasteiger partial charge in [-0.05, 0) is 128 Å². The van der Waals surface area contributed by atoms with E-state index in [1.807, 2.05) is 0 Å². The molecule has 0 spiro atoms. The highest BCUT2D eigenvalue weighted by Crippen LogP contribution is 2.16. The number of carbonyl (C=O) groups excluding carboxylic acids is 3. The summed E-state index contributed by atoms with van der Waals surface area (Å²) < 4.78 is 17.0. The molecule has 0 aliphatic rings. The molecule has 0 aromatic carbocycles. The highest BCUT2D eigenvalue weighted by molar-refractivity contribution is 5.71. The standard InChI is InChI=1S/C77H132O6/c1-4-7-10-13-16-19-22-25-28-31-34-37-38-41-43-46-49-52-55-58-61-64-67-70-76(79)82-73-74(83-77(80)71-68-65-62-59-56-53-50-47-44-40-36-33-30-27-24-21-18-15-12-9-6-3)72-81-75(78)69-66-63-60-57-54-51-48-45-42-39-35-32-29-26-23-20-17-14-11-8-5-2/h9,12,18,21-23,25-27,30-32,34-36,40,42,45,74H,4-8,10-11,13-17,19-20,24,28-29,33,37-39,41,43-44,46-73H2,1-3H3/b12-9-,21-18-,25-22-,26-23-,30-27-,34-31-,35-32-,40-36-,45-42-. The minimum atomic E-state index is -0.794. The number of hydrogen-bond acceptors (Lipinski definition) is 6. The predicted molar refractivity (Wildman–Crippen MR) is 362 cm³/mol. The Labute approximate surface area is 514 Å². The van der Waals surface area contributed by atoms with E-state index in [9.17, 15) is 14.4 Å². The molecule has 0 aliphatic carbocycles. The van der Waals surface area contributed by atoms with Crippen molar-refractivity contribution in [2.75, 3.05) is 13.2 Å². The molecule has 476 valence electrons. The van der Waals surface area contributed by atoms with Crippen LogP contribution in [0.15, 0.2) is 109 Å². The second-order valence-electron chi connectivity index (χ2n) is 23.4. The molecular weight excluding hydrogens is 1020 g/mol. The molecule has 0 heterocycles. The summed E-state index contributed by atoms with van der Waals surface area (Å²) >= 11 is 0. The van der Waals surface area contributed by atoms with E-state index in [1.165, 1.54) is 186 Å². The summed E-state index contributed by atoms with van der Waals surface area (Å²) in [4.78, 5) is 38.5. The van der Waals surface area contributed by atoms with E-state index in [2.05, 4.69) is 130 Å². The van der Waals surface area contributed by atoms with Crippen LogP contribution in [0, 0.1) is 0 Å². The summed E-state index contributed by atoms with van der Waals surface area (Å²) in [6.07, 6.45) is 96.7. The highest BCUT2D eigenvalue weighted by Gasteiger charge is 2.19. The van der Waals surface area contributed by atoms with Gasteiger partial charge < -0.3 is 14.2 Å². The molecule has 0 saturated carbocycles. The third kappa shape index (κ3) is 68.7. The van der Waals surface area contributed by atoms with Gasteiger partial charge in [0.1, 0.15) is 13.2 Å². The summed E-state index contributed by atoms with van der Waals surface area (Å²) in [5.41, 5.74) is 0. The van der Waals surface area contributed by atoms with E-state index in [1.54, 1.807) is 0 Å². The van der Waals surface area contributed by atoms with E-state index in [4.69, 9.17) is 14.2 Å².